The van der Waals surface area contributed by atoms with E-state index >= 15 is 0 Å². The van der Waals surface area contributed by atoms with Crippen molar-refractivity contribution in [3.8, 4) is 5.75 Å². The zero-order chi connectivity index (χ0) is 37.3. The Bertz CT molecular complexity index is 1750. The van der Waals surface area contributed by atoms with Crippen molar-refractivity contribution in [3.05, 3.63) is 113 Å². The van der Waals surface area contributed by atoms with Crippen molar-refractivity contribution in [3.63, 3.8) is 0 Å². The lowest BCUT2D eigenvalue weighted by Crippen LogP contribution is -2.15. The second-order valence-corrected chi connectivity index (χ2v) is 11.9. The van der Waals surface area contributed by atoms with E-state index in [0.717, 1.165) is 75.0 Å². The summed E-state index contributed by atoms with van der Waals surface area (Å²) >= 11 is 0. The number of hydrogen-bond donors (Lipinski definition) is 5. The number of carboxylic acid groups (broad SMARTS) is 3. The third-order valence-electron chi connectivity index (χ3n) is 7.90. The first kappa shape index (κ1) is 39.7. The van der Waals surface area contributed by atoms with E-state index < -0.39 is 23.7 Å². The fourth-order valence-corrected chi connectivity index (χ4v) is 5.15. The van der Waals surface area contributed by atoms with Crippen LogP contribution < -0.4 is 15.4 Å². The zero-order valence-electron chi connectivity index (χ0n) is 28.6. The Morgan fingerprint density at radius 2 is 1.14 bits per heavy atom. The molecule has 0 aliphatic heterocycles. The highest BCUT2D eigenvalue weighted by atomic mass is 19.1. The fraction of sp³-hybridized carbons (Fsp3) is 0.308. The molecule has 11 nitrogen and oxygen atoms in total. The molecule has 5 N–H and O–H groups in total. The van der Waals surface area contributed by atoms with Crippen LogP contribution in [-0.4, -0.2) is 51.1 Å². The Labute approximate surface area is 295 Å². The molecule has 2 amide bonds. The lowest BCUT2D eigenvalue weighted by Gasteiger charge is -2.14. The van der Waals surface area contributed by atoms with E-state index in [9.17, 15) is 28.4 Å². The van der Waals surface area contributed by atoms with Crippen molar-refractivity contribution >= 4 is 41.1 Å². The summed E-state index contributed by atoms with van der Waals surface area (Å²) < 4.78 is 18.8. The van der Waals surface area contributed by atoms with Gasteiger partial charge in [0.15, 0.2) is 11.6 Å². The number of rotatable bonds is 11. The predicted molar refractivity (Wildman–Crippen MR) is 191 cm³/mol. The van der Waals surface area contributed by atoms with Crippen LogP contribution in [0.2, 0.25) is 0 Å². The van der Waals surface area contributed by atoms with Gasteiger partial charge in [0.2, 0.25) is 0 Å². The Morgan fingerprint density at radius 1 is 0.686 bits per heavy atom. The van der Waals surface area contributed by atoms with Crippen LogP contribution in [-0.2, 0) is 9.59 Å². The number of benzene rings is 3. The molecular weight excluding hydrogens is 659 g/mol. The average molecular weight is 703 g/mol. The minimum absolute atomic E-state index is 0.0739. The number of allylic oxidation sites excluding steroid dienone is 2. The summed E-state index contributed by atoms with van der Waals surface area (Å²) in [4.78, 5) is 55.5. The normalized spacial score (nSPS) is 13.8. The van der Waals surface area contributed by atoms with Gasteiger partial charge in [-0.2, -0.15) is 0 Å². The summed E-state index contributed by atoms with van der Waals surface area (Å²) in [6.07, 6.45) is 12.4. The van der Waals surface area contributed by atoms with Crippen LogP contribution >= 0.6 is 0 Å². The van der Waals surface area contributed by atoms with Gasteiger partial charge in [-0.05, 0) is 125 Å². The second kappa shape index (κ2) is 20.0. The molecule has 0 spiro atoms. The molecule has 5 rings (SSSR count). The number of amides is 2. The maximum Gasteiger partial charge on any atom is 0.335 e. The maximum atomic E-state index is 13.4. The molecule has 2 aliphatic rings. The number of anilines is 2. The standard InChI is InChI=1S/C14H15NO3.C13H13NO3.C12H15FO3/c16-13(10-4-2-1-3-5-10)15-12-8-6-11(7-9-12)14(17)18;15-12(9-3-1-2-4-9)14-11-7-5-10(6-8-11)13(16)17;1-3-4-8(2)16-11-6-5-9(12(14)15)7-10(11)13/h4,6-9H,1-3,5H2,(H,15,16)(H,17,18);3,5-8H,1-2,4H2,(H,14,15)(H,16,17);5-8H,3-4H2,1-2H3,(H,14,15). The molecule has 0 heterocycles. The van der Waals surface area contributed by atoms with E-state index in [-0.39, 0.29) is 40.4 Å². The summed E-state index contributed by atoms with van der Waals surface area (Å²) in [5, 5.41) is 31.7. The molecule has 1 unspecified atom stereocenters. The summed E-state index contributed by atoms with van der Waals surface area (Å²) in [5.74, 6) is -3.80. The molecule has 0 radical (unpaired) electrons. The molecular formula is C39H43FN2O9. The molecule has 0 aromatic heterocycles. The zero-order valence-corrected chi connectivity index (χ0v) is 28.6. The largest absolute Gasteiger partial charge is 0.488 e. The molecule has 0 saturated heterocycles. The van der Waals surface area contributed by atoms with E-state index in [1.807, 2.05) is 26.0 Å². The number of halogens is 1. The first-order chi connectivity index (χ1) is 24.4. The second-order valence-electron chi connectivity index (χ2n) is 11.9. The van der Waals surface area contributed by atoms with Gasteiger partial charge in [-0.15, -0.1) is 0 Å². The van der Waals surface area contributed by atoms with E-state index in [2.05, 4.69) is 10.6 Å². The van der Waals surface area contributed by atoms with Gasteiger partial charge in [0.05, 0.1) is 22.8 Å². The lowest BCUT2D eigenvalue weighted by atomic mass is 9.99. The molecule has 3 aromatic carbocycles. The average Bonchev–Trinajstić information content (AvgIpc) is 3.66. The molecule has 0 bridgehead atoms. The molecule has 12 heteroatoms. The summed E-state index contributed by atoms with van der Waals surface area (Å²) in [6.45, 7) is 3.87. The van der Waals surface area contributed by atoms with E-state index in [0.29, 0.717) is 11.4 Å². The van der Waals surface area contributed by atoms with Crippen LogP contribution in [0.5, 0.6) is 5.75 Å². The minimum Gasteiger partial charge on any atom is -0.488 e. The van der Waals surface area contributed by atoms with E-state index in [1.54, 1.807) is 24.3 Å². The van der Waals surface area contributed by atoms with Crippen molar-refractivity contribution < 1.29 is 48.4 Å². The number of carboxylic acids is 3. The quantitative estimate of drug-likeness (QED) is 0.131. The van der Waals surface area contributed by atoms with Gasteiger partial charge < -0.3 is 30.7 Å². The van der Waals surface area contributed by atoms with Gasteiger partial charge in [-0.25, -0.2) is 18.8 Å². The fourth-order valence-electron chi connectivity index (χ4n) is 5.15. The topological polar surface area (TPSA) is 179 Å². The monoisotopic (exact) mass is 702 g/mol. The van der Waals surface area contributed by atoms with Crippen molar-refractivity contribution in [1.82, 2.24) is 0 Å². The van der Waals surface area contributed by atoms with Crippen LogP contribution in [0.3, 0.4) is 0 Å². The molecule has 51 heavy (non-hydrogen) atoms. The van der Waals surface area contributed by atoms with Crippen LogP contribution in [0.1, 0.15) is 103 Å². The Balaban J connectivity index is 0.000000207. The first-order valence-corrected chi connectivity index (χ1v) is 16.7. The van der Waals surface area contributed by atoms with Gasteiger partial charge in [-0.3, -0.25) is 9.59 Å². The van der Waals surface area contributed by atoms with Crippen molar-refractivity contribution in [1.29, 1.82) is 0 Å². The van der Waals surface area contributed by atoms with Gasteiger partial charge in [0.1, 0.15) is 0 Å². The molecule has 1 atom stereocenters. The van der Waals surface area contributed by atoms with E-state index in [1.165, 1.54) is 36.4 Å². The minimum atomic E-state index is -1.15. The predicted octanol–water partition coefficient (Wildman–Crippen LogP) is 8.35. The van der Waals surface area contributed by atoms with E-state index in [4.69, 9.17) is 20.1 Å². The third kappa shape index (κ3) is 13.2. The molecule has 270 valence electrons. The number of hydrogen-bond acceptors (Lipinski definition) is 6. The Hall–Kier alpha value is -5.78. The number of nitrogens with one attached hydrogen (secondary N) is 2. The Morgan fingerprint density at radius 3 is 1.53 bits per heavy atom. The van der Waals surface area contributed by atoms with Gasteiger partial charge in [0.25, 0.3) is 11.8 Å². The third-order valence-corrected chi connectivity index (χ3v) is 7.90. The molecule has 2 aliphatic carbocycles. The molecule has 0 saturated carbocycles. The molecule has 3 aromatic rings. The van der Waals surface area contributed by atoms with Crippen LogP contribution in [0, 0.1) is 5.82 Å². The van der Waals surface area contributed by atoms with Gasteiger partial charge in [-0.1, -0.05) is 25.5 Å². The number of carbonyl (C=O) groups is 5. The number of aromatic carboxylic acids is 3. The highest BCUT2D eigenvalue weighted by Crippen LogP contribution is 2.22. The van der Waals surface area contributed by atoms with Crippen LogP contribution in [0.4, 0.5) is 15.8 Å². The van der Waals surface area contributed by atoms with Crippen LogP contribution in [0.25, 0.3) is 0 Å². The highest BCUT2D eigenvalue weighted by Gasteiger charge is 2.15. The first-order valence-electron chi connectivity index (χ1n) is 16.7. The molecule has 0 fully saturated rings. The maximum absolute atomic E-state index is 13.4. The van der Waals surface area contributed by atoms with Crippen molar-refractivity contribution in [2.75, 3.05) is 10.6 Å². The number of carbonyl (C=O) groups excluding carboxylic acids is 2. The SMILES string of the molecule is CCCC(C)Oc1ccc(C(=O)O)cc1F.O=C(Nc1ccc(C(=O)O)cc1)C1=CCCC1.O=C(Nc1ccc(C(=O)O)cc1)C1=CCCCC1. The lowest BCUT2D eigenvalue weighted by molar-refractivity contribution is -0.113. The highest BCUT2D eigenvalue weighted by molar-refractivity contribution is 6.04. The summed E-state index contributed by atoms with van der Waals surface area (Å²) in [5.41, 5.74) is 3.22. The van der Waals surface area contributed by atoms with Crippen LogP contribution in [0.15, 0.2) is 90.0 Å². The number of ether oxygens (including phenoxy) is 1. The summed E-state index contributed by atoms with van der Waals surface area (Å²) in [7, 11) is 0. The summed E-state index contributed by atoms with van der Waals surface area (Å²) in [6, 6.07) is 16.0. The van der Waals surface area contributed by atoms with Gasteiger partial charge >= 0.3 is 17.9 Å². The van der Waals surface area contributed by atoms with Crippen molar-refractivity contribution in [2.24, 2.45) is 0 Å². The smallest absolute Gasteiger partial charge is 0.335 e. The van der Waals surface area contributed by atoms with Crippen molar-refractivity contribution in [2.45, 2.75) is 77.7 Å². The Kier molecular flexibility index (Phi) is 15.6. The van der Waals surface area contributed by atoms with Gasteiger partial charge in [0, 0.05) is 22.5 Å².